The molecule has 15 heavy (non-hydrogen) atoms. The Hall–Kier alpha value is -0.780. The molecule has 6 heteroatoms. The lowest BCUT2D eigenvalue weighted by atomic mass is 10.2. The number of carbonyl (C=O) groups excluding carboxylic acids is 1. The van der Waals surface area contributed by atoms with Crippen LogP contribution in [-0.4, -0.2) is 33.5 Å². The van der Waals surface area contributed by atoms with Gasteiger partial charge >= 0.3 is 6.09 Å². The maximum absolute atomic E-state index is 11.3. The summed E-state index contributed by atoms with van der Waals surface area (Å²) >= 11 is 0. The van der Waals surface area contributed by atoms with Gasteiger partial charge in [0.05, 0.1) is 5.75 Å². The average molecular weight is 234 g/mol. The molecule has 0 aliphatic carbocycles. The van der Waals surface area contributed by atoms with E-state index in [0.29, 0.717) is 12.2 Å². The number of ether oxygens (including phenoxy) is 1. The van der Waals surface area contributed by atoms with Crippen molar-refractivity contribution >= 4 is 15.8 Å². The Morgan fingerprint density at radius 3 is 2.53 bits per heavy atom. The molecule has 0 aromatic rings. The van der Waals surface area contributed by atoms with Gasteiger partial charge < -0.3 is 10.1 Å². The summed E-state index contributed by atoms with van der Waals surface area (Å²) in [5.74, 6) is 0.611. The minimum absolute atomic E-state index is 0.176. The van der Waals surface area contributed by atoms with E-state index in [1.807, 2.05) is 0 Å². The van der Waals surface area contributed by atoms with Crippen LogP contribution in [0.3, 0.4) is 0 Å². The molecule has 1 saturated heterocycles. The molecule has 2 N–H and O–H groups in total. The van der Waals surface area contributed by atoms with Crippen LogP contribution in [-0.2, 0) is 14.5 Å². The van der Waals surface area contributed by atoms with E-state index < -0.39 is 21.4 Å². The fourth-order valence-electron chi connectivity index (χ4n) is 1.41. The third kappa shape index (κ3) is 4.51. The van der Waals surface area contributed by atoms with Gasteiger partial charge in [0.15, 0.2) is 0 Å². The lowest BCUT2D eigenvalue weighted by Gasteiger charge is -2.21. The Balaban J connectivity index is 2.41. The number of carbonyl (C=O) groups is 1. The summed E-state index contributed by atoms with van der Waals surface area (Å²) in [4.78, 5) is 11.3. The summed E-state index contributed by atoms with van der Waals surface area (Å²) in [6, 6.07) is -0.176. The van der Waals surface area contributed by atoms with Gasteiger partial charge in [-0.05, 0) is 27.2 Å². The first-order valence-electron chi connectivity index (χ1n) is 4.92. The molecule has 1 amide bonds. The Labute approximate surface area is 90.5 Å². The lowest BCUT2D eigenvalue weighted by Crippen LogP contribution is -2.39. The standard InChI is InChI=1S/C9H18N2O3S/c1-9(2,3)14-8(12)11-7-4-5-15(10,13)6-7/h7,10H,4-6H2,1-3H3,(H,11,12). The minimum atomic E-state index is -2.46. The molecule has 1 fully saturated rings. The Bertz CT molecular complexity index is 343. The van der Waals surface area contributed by atoms with Gasteiger partial charge in [0.1, 0.15) is 5.60 Å². The Kier molecular flexibility index (Phi) is 3.28. The number of hydrogen-bond donors (Lipinski definition) is 2. The third-order valence-corrected chi connectivity index (χ3v) is 3.82. The summed E-state index contributed by atoms with van der Waals surface area (Å²) in [6.07, 6.45) is 0.103. The van der Waals surface area contributed by atoms with E-state index in [-0.39, 0.29) is 11.8 Å². The number of hydrogen-bond acceptors (Lipinski definition) is 4. The van der Waals surface area contributed by atoms with Gasteiger partial charge in [0, 0.05) is 21.5 Å². The van der Waals surface area contributed by atoms with Crippen molar-refractivity contribution in [2.24, 2.45) is 0 Å². The molecular weight excluding hydrogens is 216 g/mol. The quantitative estimate of drug-likeness (QED) is 0.718. The van der Waals surface area contributed by atoms with Crippen LogP contribution in [0.15, 0.2) is 0 Å². The highest BCUT2D eigenvalue weighted by molar-refractivity contribution is 7.92. The van der Waals surface area contributed by atoms with E-state index in [4.69, 9.17) is 9.52 Å². The van der Waals surface area contributed by atoms with E-state index in [2.05, 4.69) is 5.32 Å². The van der Waals surface area contributed by atoms with Crippen molar-refractivity contribution in [2.45, 2.75) is 38.8 Å². The van der Waals surface area contributed by atoms with Gasteiger partial charge in [-0.2, -0.15) is 0 Å². The fourth-order valence-corrected chi connectivity index (χ4v) is 3.14. The van der Waals surface area contributed by atoms with E-state index in [0.717, 1.165) is 0 Å². The number of nitrogens with one attached hydrogen (secondary N) is 2. The Morgan fingerprint density at radius 1 is 1.53 bits per heavy atom. The molecule has 0 bridgehead atoms. The van der Waals surface area contributed by atoms with E-state index in [1.165, 1.54) is 0 Å². The van der Waals surface area contributed by atoms with Gasteiger partial charge in [-0.25, -0.2) is 9.00 Å². The van der Waals surface area contributed by atoms with Gasteiger partial charge in [-0.3, -0.25) is 4.78 Å². The average Bonchev–Trinajstić information content (AvgIpc) is 2.25. The monoisotopic (exact) mass is 234 g/mol. The van der Waals surface area contributed by atoms with Gasteiger partial charge in [0.2, 0.25) is 0 Å². The van der Waals surface area contributed by atoms with Gasteiger partial charge in [0.25, 0.3) is 0 Å². The van der Waals surface area contributed by atoms with Crippen molar-refractivity contribution in [1.82, 2.24) is 5.32 Å². The molecule has 1 heterocycles. The lowest BCUT2D eigenvalue weighted by molar-refractivity contribution is 0.0510. The molecule has 0 aromatic heterocycles. The van der Waals surface area contributed by atoms with E-state index >= 15 is 0 Å². The van der Waals surface area contributed by atoms with Crippen molar-refractivity contribution in [1.29, 1.82) is 4.78 Å². The first-order valence-corrected chi connectivity index (χ1v) is 6.81. The predicted octanol–water partition coefficient (Wildman–Crippen LogP) is 1.33. The molecule has 2 unspecified atom stereocenters. The van der Waals surface area contributed by atoms with Crippen LogP contribution in [0.4, 0.5) is 4.79 Å². The molecule has 0 spiro atoms. The number of rotatable bonds is 1. The van der Waals surface area contributed by atoms with Crippen molar-refractivity contribution in [3.8, 4) is 0 Å². The molecule has 1 aliphatic rings. The zero-order chi connectivity index (χ0) is 11.7. The van der Waals surface area contributed by atoms with Gasteiger partial charge in [-0.1, -0.05) is 0 Å². The maximum atomic E-state index is 11.3. The smallest absolute Gasteiger partial charge is 0.407 e. The molecular formula is C9H18N2O3S. The summed E-state index contributed by atoms with van der Waals surface area (Å²) in [7, 11) is -2.46. The first-order chi connectivity index (χ1) is 6.68. The molecule has 88 valence electrons. The summed E-state index contributed by atoms with van der Waals surface area (Å²) in [5, 5.41) is 2.63. The second-order valence-electron chi connectivity index (χ2n) is 4.81. The highest BCUT2D eigenvalue weighted by Gasteiger charge is 2.27. The zero-order valence-electron chi connectivity index (χ0n) is 9.33. The molecule has 0 radical (unpaired) electrons. The number of alkyl carbamates (subject to hydrolysis) is 1. The molecule has 0 aromatic carbocycles. The van der Waals surface area contributed by atoms with Crippen LogP contribution in [0.1, 0.15) is 27.2 Å². The molecule has 1 rings (SSSR count). The van der Waals surface area contributed by atoms with Gasteiger partial charge in [-0.15, -0.1) is 0 Å². The third-order valence-electron chi connectivity index (χ3n) is 1.99. The van der Waals surface area contributed by atoms with Crippen LogP contribution in [0, 0.1) is 4.78 Å². The molecule has 2 atom stereocenters. The highest BCUT2D eigenvalue weighted by Crippen LogP contribution is 2.13. The van der Waals surface area contributed by atoms with Crippen molar-refractivity contribution in [2.75, 3.05) is 11.5 Å². The summed E-state index contributed by atoms with van der Waals surface area (Å²) < 4.78 is 23.8. The van der Waals surface area contributed by atoms with Crippen LogP contribution in [0.5, 0.6) is 0 Å². The molecule has 0 saturated carbocycles. The van der Waals surface area contributed by atoms with E-state index in [9.17, 15) is 9.00 Å². The van der Waals surface area contributed by atoms with Crippen LogP contribution in [0.25, 0.3) is 0 Å². The van der Waals surface area contributed by atoms with Crippen LogP contribution < -0.4 is 5.32 Å². The zero-order valence-corrected chi connectivity index (χ0v) is 10.1. The molecule has 5 nitrogen and oxygen atoms in total. The summed E-state index contributed by atoms with van der Waals surface area (Å²) in [6.45, 7) is 5.36. The largest absolute Gasteiger partial charge is 0.444 e. The minimum Gasteiger partial charge on any atom is -0.444 e. The fraction of sp³-hybridized carbons (Fsp3) is 0.889. The van der Waals surface area contributed by atoms with Crippen LogP contribution >= 0.6 is 0 Å². The van der Waals surface area contributed by atoms with Crippen molar-refractivity contribution in [3.05, 3.63) is 0 Å². The summed E-state index contributed by atoms with van der Waals surface area (Å²) in [5.41, 5.74) is -0.523. The second kappa shape index (κ2) is 4.00. The maximum Gasteiger partial charge on any atom is 0.407 e. The first kappa shape index (κ1) is 12.3. The van der Waals surface area contributed by atoms with Crippen LogP contribution in [0.2, 0.25) is 0 Å². The highest BCUT2D eigenvalue weighted by atomic mass is 32.2. The normalized spacial score (nSPS) is 31.3. The SMILES string of the molecule is CC(C)(C)OC(=O)NC1CCS(=N)(=O)C1. The Morgan fingerprint density at radius 2 is 2.13 bits per heavy atom. The molecule has 1 aliphatic heterocycles. The van der Waals surface area contributed by atoms with E-state index in [1.54, 1.807) is 20.8 Å². The predicted molar refractivity (Wildman–Crippen MR) is 58.4 cm³/mol. The van der Waals surface area contributed by atoms with Crippen molar-refractivity contribution < 1.29 is 13.7 Å². The topological polar surface area (TPSA) is 79.2 Å². The second-order valence-corrected chi connectivity index (χ2v) is 7.18. The van der Waals surface area contributed by atoms with Crippen molar-refractivity contribution in [3.63, 3.8) is 0 Å². The number of amides is 1.